The third-order valence-electron chi connectivity index (χ3n) is 3.27. The van der Waals surface area contributed by atoms with Gasteiger partial charge in [-0.1, -0.05) is 18.2 Å². The number of nitrogens with one attached hydrogen (secondary N) is 2. The van der Waals surface area contributed by atoms with Crippen molar-refractivity contribution >= 4 is 11.6 Å². The fourth-order valence-corrected chi connectivity index (χ4v) is 1.87. The Morgan fingerprint density at radius 2 is 2.11 bits per heavy atom. The molecule has 1 aliphatic heterocycles. The van der Waals surface area contributed by atoms with Crippen molar-refractivity contribution in [3.05, 3.63) is 41.0 Å². The predicted molar refractivity (Wildman–Crippen MR) is 76.0 cm³/mol. The van der Waals surface area contributed by atoms with Crippen molar-refractivity contribution in [3.8, 4) is 0 Å². The molecule has 2 rings (SSSR count). The topological polar surface area (TPSA) is 50.4 Å². The normalized spacial score (nSPS) is 13.9. The molecule has 0 radical (unpaired) electrons. The Morgan fingerprint density at radius 3 is 2.74 bits per heavy atom. The van der Waals surface area contributed by atoms with Gasteiger partial charge in [0.1, 0.15) is 0 Å². The summed E-state index contributed by atoms with van der Waals surface area (Å²) in [6, 6.07) is 7.74. The van der Waals surface area contributed by atoms with Crippen LogP contribution in [0.4, 0.5) is 5.69 Å². The maximum absolute atomic E-state index is 12.1. The molecule has 2 N–H and O–H groups in total. The van der Waals surface area contributed by atoms with Gasteiger partial charge in [-0.2, -0.15) is 0 Å². The molecular weight excluding hydrogens is 240 g/mol. The third-order valence-corrected chi connectivity index (χ3v) is 3.27. The molecule has 0 bridgehead atoms. The summed E-state index contributed by atoms with van der Waals surface area (Å²) in [6.45, 7) is 6.65. The molecule has 0 atom stereocenters. The monoisotopic (exact) mass is 260 g/mol. The van der Waals surface area contributed by atoms with Crippen LogP contribution < -0.4 is 10.6 Å². The molecule has 1 aromatic carbocycles. The van der Waals surface area contributed by atoms with Crippen LogP contribution in [0.25, 0.3) is 0 Å². The van der Waals surface area contributed by atoms with Crippen molar-refractivity contribution in [1.82, 2.24) is 5.32 Å². The highest BCUT2D eigenvalue weighted by Crippen LogP contribution is 2.18. The lowest BCUT2D eigenvalue weighted by Crippen LogP contribution is -2.36. The fourth-order valence-electron chi connectivity index (χ4n) is 1.87. The molecule has 102 valence electrons. The van der Waals surface area contributed by atoms with Gasteiger partial charge in [-0.15, -0.1) is 0 Å². The summed E-state index contributed by atoms with van der Waals surface area (Å²) in [5, 5.41) is 6.11. The Hall–Kier alpha value is -1.65. The molecule has 0 spiro atoms. The molecule has 1 aromatic rings. The number of amides is 1. The van der Waals surface area contributed by atoms with E-state index in [9.17, 15) is 4.79 Å². The van der Waals surface area contributed by atoms with Crippen molar-refractivity contribution in [3.63, 3.8) is 0 Å². The standard InChI is InChI=1S/C15H20N2O2/c1-3-19-10-12-6-4-5-7-14(12)17-15(18)11(2)13-8-16-9-13/h4-7,16H,3,8-10H2,1-2H3,(H,17,18). The van der Waals surface area contributed by atoms with E-state index in [0.717, 1.165) is 29.9 Å². The number of carbonyl (C=O) groups is 1. The van der Waals surface area contributed by atoms with E-state index < -0.39 is 0 Å². The van der Waals surface area contributed by atoms with Gasteiger partial charge in [0.25, 0.3) is 5.91 Å². The van der Waals surface area contributed by atoms with Crippen LogP contribution in [-0.4, -0.2) is 25.6 Å². The second-order valence-electron chi connectivity index (χ2n) is 4.58. The minimum atomic E-state index is -0.0274. The van der Waals surface area contributed by atoms with Crippen LogP contribution in [0.5, 0.6) is 0 Å². The van der Waals surface area contributed by atoms with Gasteiger partial charge in [-0.25, -0.2) is 0 Å². The zero-order chi connectivity index (χ0) is 13.7. The molecule has 1 fully saturated rings. The van der Waals surface area contributed by atoms with Gasteiger partial charge in [-0.3, -0.25) is 4.79 Å². The summed E-state index contributed by atoms with van der Waals surface area (Å²) in [7, 11) is 0. The summed E-state index contributed by atoms with van der Waals surface area (Å²) in [6.07, 6.45) is 0. The Bertz CT molecular complexity index is 489. The lowest BCUT2D eigenvalue weighted by atomic mass is 10.0. The smallest absolute Gasteiger partial charge is 0.251 e. The second kappa shape index (κ2) is 6.50. The molecule has 1 aliphatic rings. The van der Waals surface area contributed by atoms with Crippen molar-refractivity contribution in [2.45, 2.75) is 20.5 Å². The fraction of sp³-hybridized carbons (Fsp3) is 0.400. The number of hydrogen-bond acceptors (Lipinski definition) is 3. The van der Waals surface area contributed by atoms with E-state index in [2.05, 4.69) is 10.6 Å². The first-order valence-corrected chi connectivity index (χ1v) is 6.58. The molecule has 4 nitrogen and oxygen atoms in total. The highest BCUT2D eigenvalue weighted by Gasteiger charge is 2.16. The SMILES string of the molecule is CCOCc1ccccc1NC(=O)C(C)=C1CNC1. The summed E-state index contributed by atoms with van der Waals surface area (Å²) in [4.78, 5) is 12.1. The van der Waals surface area contributed by atoms with Gasteiger partial charge in [-0.05, 0) is 25.5 Å². The van der Waals surface area contributed by atoms with Crippen LogP contribution in [0.1, 0.15) is 19.4 Å². The number of rotatable bonds is 5. The molecule has 0 aromatic heterocycles. The maximum atomic E-state index is 12.1. The van der Waals surface area contributed by atoms with Gasteiger partial charge < -0.3 is 15.4 Å². The lowest BCUT2D eigenvalue weighted by Gasteiger charge is -2.21. The summed E-state index contributed by atoms with van der Waals surface area (Å²) in [5.74, 6) is -0.0274. The summed E-state index contributed by atoms with van der Waals surface area (Å²) < 4.78 is 5.41. The van der Waals surface area contributed by atoms with Gasteiger partial charge in [0.15, 0.2) is 0 Å². The molecule has 1 amide bonds. The van der Waals surface area contributed by atoms with Crippen molar-refractivity contribution < 1.29 is 9.53 Å². The number of benzene rings is 1. The van der Waals surface area contributed by atoms with E-state index in [1.807, 2.05) is 38.1 Å². The van der Waals surface area contributed by atoms with E-state index >= 15 is 0 Å². The van der Waals surface area contributed by atoms with Gasteiger partial charge in [0.2, 0.25) is 0 Å². The summed E-state index contributed by atoms with van der Waals surface area (Å²) in [5.41, 5.74) is 3.82. The largest absolute Gasteiger partial charge is 0.377 e. The van der Waals surface area contributed by atoms with Crippen molar-refractivity contribution in [1.29, 1.82) is 0 Å². The number of anilines is 1. The van der Waals surface area contributed by atoms with Crippen LogP contribution in [0.2, 0.25) is 0 Å². The summed E-state index contributed by atoms with van der Waals surface area (Å²) >= 11 is 0. The van der Waals surface area contributed by atoms with E-state index in [0.29, 0.717) is 13.2 Å². The van der Waals surface area contributed by atoms with Crippen molar-refractivity contribution in [2.75, 3.05) is 25.0 Å². The van der Waals surface area contributed by atoms with Crippen molar-refractivity contribution in [2.24, 2.45) is 0 Å². The van der Waals surface area contributed by atoms with E-state index in [-0.39, 0.29) is 5.91 Å². The average molecular weight is 260 g/mol. The van der Waals surface area contributed by atoms with E-state index in [1.165, 1.54) is 5.57 Å². The molecular formula is C15H20N2O2. The van der Waals surface area contributed by atoms with E-state index in [4.69, 9.17) is 4.74 Å². The van der Waals surface area contributed by atoms with Crippen LogP contribution >= 0.6 is 0 Å². The van der Waals surface area contributed by atoms with Crippen LogP contribution in [0, 0.1) is 0 Å². The predicted octanol–water partition coefficient (Wildman–Crippen LogP) is 2.08. The third kappa shape index (κ3) is 3.43. The molecule has 0 unspecified atom stereocenters. The Kier molecular flexibility index (Phi) is 4.71. The van der Waals surface area contributed by atoms with Gasteiger partial charge in [0, 0.05) is 36.5 Å². The maximum Gasteiger partial charge on any atom is 0.251 e. The molecule has 19 heavy (non-hydrogen) atoms. The highest BCUT2D eigenvalue weighted by atomic mass is 16.5. The Balaban J connectivity index is 2.08. The first-order chi connectivity index (χ1) is 9.22. The minimum Gasteiger partial charge on any atom is -0.377 e. The van der Waals surface area contributed by atoms with Crippen LogP contribution in [0.3, 0.4) is 0 Å². The lowest BCUT2D eigenvalue weighted by molar-refractivity contribution is -0.112. The quantitative estimate of drug-likeness (QED) is 0.797. The average Bonchev–Trinajstić information content (AvgIpc) is 2.35. The Morgan fingerprint density at radius 1 is 1.37 bits per heavy atom. The molecule has 0 saturated carbocycles. The molecule has 4 heteroatoms. The number of carbonyl (C=O) groups excluding carboxylic acids is 1. The number of hydrogen-bond donors (Lipinski definition) is 2. The zero-order valence-electron chi connectivity index (χ0n) is 11.5. The Labute approximate surface area is 113 Å². The minimum absolute atomic E-state index is 0.0274. The molecule has 1 heterocycles. The zero-order valence-corrected chi connectivity index (χ0v) is 11.5. The van der Waals surface area contributed by atoms with Crippen LogP contribution in [-0.2, 0) is 16.1 Å². The van der Waals surface area contributed by atoms with E-state index in [1.54, 1.807) is 0 Å². The second-order valence-corrected chi connectivity index (χ2v) is 4.58. The first-order valence-electron chi connectivity index (χ1n) is 6.58. The van der Waals surface area contributed by atoms with Gasteiger partial charge in [0.05, 0.1) is 6.61 Å². The molecule has 1 saturated heterocycles. The van der Waals surface area contributed by atoms with Gasteiger partial charge >= 0.3 is 0 Å². The number of ether oxygens (including phenoxy) is 1. The molecule has 0 aliphatic carbocycles. The first kappa shape index (κ1) is 13.8. The van der Waals surface area contributed by atoms with Crippen LogP contribution in [0.15, 0.2) is 35.4 Å². The highest BCUT2D eigenvalue weighted by molar-refractivity contribution is 6.04. The number of para-hydroxylation sites is 1.